The number of carbonyl (C=O) groups is 1. The molecule has 36 heavy (non-hydrogen) atoms. The molecule has 1 saturated heterocycles. The smallest absolute Gasteiger partial charge is 0.289 e. The van der Waals surface area contributed by atoms with Crippen LogP contribution in [0.1, 0.15) is 49.4 Å². The molecular weight excluding hydrogens is 466 g/mol. The van der Waals surface area contributed by atoms with Crippen molar-refractivity contribution in [1.82, 2.24) is 24.6 Å². The summed E-state index contributed by atoms with van der Waals surface area (Å²) < 4.78 is 18.5. The van der Waals surface area contributed by atoms with Gasteiger partial charge < -0.3 is 23.9 Å². The highest BCUT2D eigenvalue weighted by Gasteiger charge is 2.29. The van der Waals surface area contributed by atoms with Gasteiger partial charge >= 0.3 is 0 Å². The van der Waals surface area contributed by atoms with Gasteiger partial charge in [0.2, 0.25) is 17.7 Å². The Morgan fingerprint density at radius 1 is 1.14 bits per heavy atom. The van der Waals surface area contributed by atoms with Gasteiger partial charge in [0.05, 0.1) is 20.8 Å². The summed E-state index contributed by atoms with van der Waals surface area (Å²) in [5.74, 6) is 1.50. The molecule has 0 radical (unpaired) electrons. The number of ether oxygens (including phenoxy) is 2. The fourth-order valence-electron chi connectivity index (χ4n) is 4.58. The first-order valence-electron chi connectivity index (χ1n) is 12.1. The predicted molar refractivity (Wildman–Crippen MR) is 128 cm³/mol. The fourth-order valence-corrected chi connectivity index (χ4v) is 4.58. The van der Waals surface area contributed by atoms with Gasteiger partial charge in [0.15, 0.2) is 5.56 Å². The Kier molecular flexibility index (Phi) is 6.38. The number of aryl methyl sites for hydroxylation is 2. The molecule has 0 bridgehead atoms. The summed E-state index contributed by atoms with van der Waals surface area (Å²) >= 11 is 0. The second kappa shape index (κ2) is 9.63. The van der Waals surface area contributed by atoms with Crippen molar-refractivity contribution in [1.29, 1.82) is 0 Å². The molecule has 2 fully saturated rings. The third kappa shape index (κ3) is 4.52. The third-order valence-electron chi connectivity index (χ3n) is 6.64. The molecule has 0 atom stereocenters. The molecule has 2 aromatic heterocycles. The minimum Gasteiger partial charge on any atom is -0.494 e. The predicted octanol–water partition coefficient (Wildman–Crippen LogP) is 2.78. The SMILES string of the molecule is COc1cc(C)cc(OC)c1-n1c(CCC2CC2)nc(=O)c(-c2nnc(CN3CCCC3=O)o2)c1O. The summed E-state index contributed by atoms with van der Waals surface area (Å²) in [4.78, 5) is 31.1. The lowest BCUT2D eigenvalue weighted by Gasteiger charge is -2.21. The van der Waals surface area contributed by atoms with Gasteiger partial charge in [-0.25, -0.2) is 0 Å². The number of aromatic nitrogens is 4. The van der Waals surface area contributed by atoms with Crippen molar-refractivity contribution in [3.05, 3.63) is 39.8 Å². The van der Waals surface area contributed by atoms with Crippen molar-refractivity contribution in [3.8, 4) is 34.5 Å². The molecule has 0 spiro atoms. The van der Waals surface area contributed by atoms with Crippen molar-refractivity contribution in [2.75, 3.05) is 20.8 Å². The summed E-state index contributed by atoms with van der Waals surface area (Å²) in [6, 6.07) is 3.63. The van der Waals surface area contributed by atoms with E-state index in [0.717, 1.165) is 31.2 Å². The van der Waals surface area contributed by atoms with Crippen molar-refractivity contribution in [2.45, 2.75) is 52.0 Å². The molecule has 1 aliphatic carbocycles. The topological polar surface area (TPSA) is 133 Å². The number of carbonyl (C=O) groups excluding carboxylic acids is 1. The van der Waals surface area contributed by atoms with Crippen LogP contribution in [0.15, 0.2) is 21.3 Å². The first-order valence-corrected chi connectivity index (χ1v) is 12.1. The normalized spacial score (nSPS) is 15.5. The summed E-state index contributed by atoms with van der Waals surface area (Å²) in [5.41, 5.74) is 0.428. The lowest BCUT2D eigenvalue weighted by Crippen LogP contribution is -2.23. The highest BCUT2D eigenvalue weighted by atomic mass is 16.5. The number of aromatic hydroxyl groups is 1. The van der Waals surface area contributed by atoms with E-state index >= 15 is 0 Å². The van der Waals surface area contributed by atoms with Crippen LogP contribution in [0.5, 0.6) is 17.4 Å². The van der Waals surface area contributed by atoms with Gasteiger partial charge in [0, 0.05) is 19.4 Å². The zero-order valence-electron chi connectivity index (χ0n) is 20.6. The van der Waals surface area contributed by atoms with Crippen LogP contribution in [-0.4, -0.2) is 56.4 Å². The Hall–Kier alpha value is -3.89. The van der Waals surface area contributed by atoms with E-state index in [0.29, 0.717) is 48.3 Å². The molecule has 5 rings (SSSR count). The van der Waals surface area contributed by atoms with E-state index in [4.69, 9.17) is 13.9 Å². The molecule has 3 heterocycles. The summed E-state index contributed by atoms with van der Waals surface area (Å²) in [7, 11) is 3.05. The molecule has 2 aliphatic rings. The first-order chi connectivity index (χ1) is 17.4. The zero-order valence-corrected chi connectivity index (χ0v) is 20.6. The van der Waals surface area contributed by atoms with Crippen LogP contribution in [-0.2, 0) is 17.8 Å². The highest BCUT2D eigenvalue weighted by molar-refractivity contribution is 5.78. The number of hydrogen-bond donors (Lipinski definition) is 1. The van der Waals surface area contributed by atoms with Crippen LogP contribution in [0.2, 0.25) is 0 Å². The lowest BCUT2D eigenvalue weighted by atomic mass is 10.1. The Balaban J connectivity index is 1.63. The number of likely N-dealkylation sites (tertiary alicyclic amines) is 1. The molecule has 11 heteroatoms. The van der Waals surface area contributed by atoms with E-state index in [1.165, 1.54) is 18.8 Å². The van der Waals surface area contributed by atoms with Gasteiger partial charge in [-0.2, -0.15) is 4.98 Å². The average molecular weight is 496 g/mol. The maximum atomic E-state index is 13.1. The van der Waals surface area contributed by atoms with Gasteiger partial charge in [0.1, 0.15) is 23.0 Å². The van der Waals surface area contributed by atoms with E-state index in [-0.39, 0.29) is 29.8 Å². The Morgan fingerprint density at radius 2 is 1.86 bits per heavy atom. The minimum absolute atomic E-state index is 0.0141. The molecular formula is C25H29N5O6. The van der Waals surface area contributed by atoms with Gasteiger partial charge in [-0.3, -0.25) is 14.2 Å². The highest BCUT2D eigenvalue weighted by Crippen LogP contribution is 2.40. The molecule has 1 aliphatic heterocycles. The van der Waals surface area contributed by atoms with Crippen molar-refractivity contribution < 1.29 is 23.8 Å². The van der Waals surface area contributed by atoms with Gasteiger partial charge in [-0.05, 0) is 43.4 Å². The summed E-state index contributed by atoms with van der Waals surface area (Å²) in [5, 5.41) is 19.5. The number of benzene rings is 1. The van der Waals surface area contributed by atoms with Crippen LogP contribution in [0.3, 0.4) is 0 Å². The van der Waals surface area contributed by atoms with E-state index in [2.05, 4.69) is 15.2 Å². The van der Waals surface area contributed by atoms with E-state index in [1.54, 1.807) is 4.90 Å². The van der Waals surface area contributed by atoms with Crippen LogP contribution in [0.25, 0.3) is 17.1 Å². The van der Waals surface area contributed by atoms with Crippen LogP contribution in [0, 0.1) is 12.8 Å². The van der Waals surface area contributed by atoms with E-state index in [1.807, 2.05) is 19.1 Å². The molecule has 11 nitrogen and oxygen atoms in total. The monoisotopic (exact) mass is 495 g/mol. The van der Waals surface area contributed by atoms with Crippen molar-refractivity contribution >= 4 is 5.91 Å². The summed E-state index contributed by atoms with van der Waals surface area (Å²) in [6.45, 7) is 2.66. The van der Waals surface area contributed by atoms with E-state index in [9.17, 15) is 14.7 Å². The molecule has 3 aromatic rings. The van der Waals surface area contributed by atoms with Crippen LogP contribution in [0.4, 0.5) is 0 Å². The minimum atomic E-state index is -0.674. The molecule has 1 N–H and O–H groups in total. The van der Waals surface area contributed by atoms with E-state index < -0.39 is 11.4 Å². The zero-order chi connectivity index (χ0) is 25.4. The van der Waals surface area contributed by atoms with Crippen molar-refractivity contribution in [2.24, 2.45) is 5.92 Å². The second-order valence-electron chi connectivity index (χ2n) is 9.29. The third-order valence-corrected chi connectivity index (χ3v) is 6.64. The standard InChI is InChI=1S/C25H29N5O6/c1-14-11-16(34-2)22(17(12-14)35-3)30-18(9-8-15-6-7-15)26-23(32)21(25(30)33)24-28-27-19(36-24)13-29-10-4-5-20(29)31/h11-12,15,33H,4-10,13H2,1-3H3. The summed E-state index contributed by atoms with van der Waals surface area (Å²) in [6.07, 6.45) is 4.89. The maximum absolute atomic E-state index is 13.1. The number of hydrogen-bond acceptors (Lipinski definition) is 9. The average Bonchev–Trinajstić information content (AvgIpc) is 3.44. The van der Waals surface area contributed by atoms with Gasteiger partial charge in [-0.15, -0.1) is 10.2 Å². The number of nitrogens with zero attached hydrogens (tertiary/aromatic N) is 5. The Bertz CT molecular complexity index is 1330. The number of amides is 1. The Morgan fingerprint density at radius 3 is 2.47 bits per heavy atom. The van der Waals surface area contributed by atoms with Crippen LogP contribution < -0.4 is 15.0 Å². The molecule has 1 amide bonds. The second-order valence-corrected chi connectivity index (χ2v) is 9.29. The molecule has 1 saturated carbocycles. The molecule has 1 aromatic carbocycles. The van der Waals surface area contributed by atoms with Crippen molar-refractivity contribution in [3.63, 3.8) is 0 Å². The van der Waals surface area contributed by atoms with Gasteiger partial charge in [-0.1, -0.05) is 12.8 Å². The number of methoxy groups -OCH3 is 2. The maximum Gasteiger partial charge on any atom is 0.289 e. The fraction of sp³-hybridized carbons (Fsp3) is 0.480. The molecule has 0 unspecified atom stereocenters. The lowest BCUT2D eigenvalue weighted by molar-refractivity contribution is -0.128. The first kappa shape index (κ1) is 23.8. The Labute approximate surface area is 207 Å². The van der Waals surface area contributed by atoms with Gasteiger partial charge in [0.25, 0.3) is 11.4 Å². The largest absolute Gasteiger partial charge is 0.494 e. The number of rotatable bonds is 9. The quantitative estimate of drug-likeness (QED) is 0.476. The van der Waals surface area contributed by atoms with Crippen LogP contribution >= 0.6 is 0 Å². The molecule has 190 valence electrons.